The Kier molecular flexibility index (Phi) is 5.95. The van der Waals surface area contributed by atoms with Crippen LogP contribution in [-0.4, -0.2) is 15.7 Å². The molecule has 0 aliphatic heterocycles. The molecule has 4 nitrogen and oxygen atoms in total. The van der Waals surface area contributed by atoms with Gasteiger partial charge in [-0.15, -0.1) is 0 Å². The zero-order chi connectivity index (χ0) is 20.9. The summed E-state index contributed by atoms with van der Waals surface area (Å²) in [5.41, 5.74) is 7.25. The molecule has 3 aromatic carbocycles. The first kappa shape index (κ1) is 19.9. The predicted octanol–water partition coefficient (Wildman–Crippen LogP) is 6.55. The zero-order valence-electron chi connectivity index (χ0n) is 16.2. The molecular formula is C24H18BrFN4. The number of hydrogen-bond acceptors (Lipinski definition) is 4. The summed E-state index contributed by atoms with van der Waals surface area (Å²) in [5, 5.41) is 4.42. The van der Waals surface area contributed by atoms with E-state index in [0.29, 0.717) is 11.6 Å². The van der Waals surface area contributed by atoms with Gasteiger partial charge in [0.1, 0.15) is 5.82 Å². The van der Waals surface area contributed by atoms with E-state index in [0.717, 1.165) is 32.6 Å². The molecule has 0 fully saturated rings. The Morgan fingerprint density at radius 2 is 1.57 bits per heavy atom. The molecule has 0 saturated carbocycles. The van der Waals surface area contributed by atoms with Gasteiger partial charge >= 0.3 is 0 Å². The topological polar surface area (TPSA) is 50.2 Å². The second-order valence-electron chi connectivity index (χ2n) is 6.65. The Morgan fingerprint density at radius 3 is 2.27 bits per heavy atom. The standard InChI is InChI=1S/C24H18BrFN4/c1-16(17-9-13-21(26)14-10-17)29-30-23-15-22(18-5-3-2-4-6-18)27-24(28-23)19-7-11-20(25)12-8-19/h2-15H,1H3,(H,27,28,30)/b29-16-. The van der Waals surface area contributed by atoms with E-state index in [9.17, 15) is 4.39 Å². The summed E-state index contributed by atoms with van der Waals surface area (Å²) < 4.78 is 14.2. The lowest BCUT2D eigenvalue weighted by Gasteiger charge is -2.09. The molecule has 0 amide bonds. The fourth-order valence-corrected chi connectivity index (χ4v) is 3.15. The van der Waals surface area contributed by atoms with E-state index in [2.05, 4.69) is 31.4 Å². The number of aromatic nitrogens is 2. The van der Waals surface area contributed by atoms with E-state index in [1.54, 1.807) is 12.1 Å². The van der Waals surface area contributed by atoms with Crippen molar-refractivity contribution in [1.82, 2.24) is 9.97 Å². The monoisotopic (exact) mass is 460 g/mol. The maximum Gasteiger partial charge on any atom is 0.162 e. The van der Waals surface area contributed by atoms with Crippen molar-refractivity contribution in [2.45, 2.75) is 6.92 Å². The molecule has 4 aromatic rings. The first-order valence-electron chi connectivity index (χ1n) is 9.35. The van der Waals surface area contributed by atoms with Gasteiger partial charge in [-0.25, -0.2) is 14.4 Å². The highest BCUT2D eigenvalue weighted by Gasteiger charge is 2.09. The van der Waals surface area contributed by atoms with Gasteiger partial charge in [0, 0.05) is 21.7 Å². The predicted molar refractivity (Wildman–Crippen MR) is 123 cm³/mol. The maximum absolute atomic E-state index is 13.2. The summed E-state index contributed by atoms with van der Waals surface area (Å²) >= 11 is 3.46. The van der Waals surface area contributed by atoms with Gasteiger partial charge in [-0.3, -0.25) is 5.43 Å². The second kappa shape index (κ2) is 8.97. The number of rotatable bonds is 5. The van der Waals surface area contributed by atoms with Crippen LogP contribution in [0.25, 0.3) is 22.6 Å². The van der Waals surface area contributed by atoms with E-state index >= 15 is 0 Å². The minimum atomic E-state index is -0.276. The van der Waals surface area contributed by atoms with Crippen LogP contribution in [0, 0.1) is 5.82 Å². The average molecular weight is 461 g/mol. The highest BCUT2D eigenvalue weighted by atomic mass is 79.9. The Morgan fingerprint density at radius 1 is 0.867 bits per heavy atom. The van der Waals surface area contributed by atoms with Crippen LogP contribution in [0.3, 0.4) is 0 Å². The lowest BCUT2D eigenvalue weighted by atomic mass is 10.1. The van der Waals surface area contributed by atoms with Gasteiger partial charge in [0.05, 0.1) is 11.4 Å². The minimum absolute atomic E-state index is 0.276. The van der Waals surface area contributed by atoms with Gasteiger partial charge in [-0.1, -0.05) is 70.5 Å². The van der Waals surface area contributed by atoms with Crippen molar-refractivity contribution < 1.29 is 4.39 Å². The number of anilines is 1. The summed E-state index contributed by atoms with van der Waals surface area (Å²) in [4.78, 5) is 9.38. The molecule has 1 heterocycles. The van der Waals surface area contributed by atoms with Crippen molar-refractivity contribution in [3.05, 3.63) is 101 Å². The third-order valence-electron chi connectivity index (χ3n) is 4.50. The first-order chi connectivity index (χ1) is 14.6. The van der Waals surface area contributed by atoms with Crippen LogP contribution in [0.2, 0.25) is 0 Å². The summed E-state index contributed by atoms with van der Waals surface area (Å²) in [6, 6.07) is 25.8. The highest BCUT2D eigenvalue weighted by Crippen LogP contribution is 2.25. The molecule has 0 aliphatic carbocycles. The lowest BCUT2D eigenvalue weighted by Crippen LogP contribution is -2.03. The SMILES string of the molecule is C/C(=N/Nc1cc(-c2ccccc2)nc(-c2ccc(Br)cc2)n1)c1ccc(F)cc1. The second-order valence-corrected chi connectivity index (χ2v) is 7.57. The van der Waals surface area contributed by atoms with Crippen LogP contribution in [-0.2, 0) is 0 Å². The molecule has 0 radical (unpaired) electrons. The maximum atomic E-state index is 13.2. The van der Waals surface area contributed by atoms with Crippen LogP contribution in [0.1, 0.15) is 12.5 Å². The van der Waals surface area contributed by atoms with Crippen molar-refractivity contribution in [2.24, 2.45) is 5.10 Å². The molecular weight excluding hydrogens is 443 g/mol. The Hall–Kier alpha value is -3.38. The van der Waals surface area contributed by atoms with Crippen LogP contribution in [0.4, 0.5) is 10.2 Å². The zero-order valence-corrected chi connectivity index (χ0v) is 17.8. The smallest absolute Gasteiger partial charge is 0.162 e. The normalized spacial score (nSPS) is 11.4. The molecule has 0 aliphatic rings. The van der Waals surface area contributed by atoms with Crippen LogP contribution in [0.5, 0.6) is 0 Å². The molecule has 4 rings (SSSR count). The van der Waals surface area contributed by atoms with Crippen LogP contribution >= 0.6 is 15.9 Å². The number of nitrogens with zero attached hydrogens (tertiary/aromatic N) is 3. The largest absolute Gasteiger partial charge is 0.261 e. The van der Waals surface area contributed by atoms with Crippen molar-refractivity contribution in [3.8, 4) is 22.6 Å². The third kappa shape index (κ3) is 4.78. The van der Waals surface area contributed by atoms with Crippen molar-refractivity contribution >= 4 is 27.5 Å². The molecule has 0 unspecified atom stereocenters. The highest BCUT2D eigenvalue weighted by molar-refractivity contribution is 9.10. The summed E-state index contributed by atoms with van der Waals surface area (Å²) in [6.07, 6.45) is 0. The summed E-state index contributed by atoms with van der Waals surface area (Å²) in [7, 11) is 0. The van der Waals surface area contributed by atoms with E-state index in [1.807, 2.05) is 67.6 Å². The number of hydrogen-bond donors (Lipinski definition) is 1. The molecule has 1 aromatic heterocycles. The lowest BCUT2D eigenvalue weighted by molar-refractivity contribution is 0.628. The van der Waals surface area contributed by atoms with Crippen LogP contribution < -0.4 is 5.43 Å². The average Bonchev–Trinajstić information content (AvgIpc) is 2.79. The molecule has 30 heavy (non-hydrogen) atoms. The molecule has 0 atom stereocenters. The van der Waals surface area contributed by atoms with E-state index in [4.69, 9.17) is 4.98 Å². The molecule has 6 heteroatoms. The van der Waals surface area contributed by atoms with Crippen molar-refractivity contribution in [3.63, 3.8) is 0 Å². The van der Waals surface area contributed by atoms with Crippen LogP contribution in [0.15, 0.2) is 94.5 Å². The fraction of sp³-hybridized carbons (Fsp3) is 0.0417. The van der Waals surface area contributed by atoms with Gasteiger partial charge in [0.25, 0.3) is 0 Å². The third-order valence-corrected chi connectivity index (χ3v) is 5.03. The Balaban J connectivity index is 1.71. The quantitative estimate of drug-likeness (QED) is 0.271. The summed E-state index contributed by atoms with van der Waals surface area (Å²) in [6.45, 7) is 1.86. The molecule has 1 N–H and O–H groups in total. The number of halogens is 2. The van der Waals surface area contributed by atoms with Gasteiger partial charge in [0.15, 0.2) is 11.6 Å². The van der Waals surface area contributed by atoms with E-state index in [-0.39, 0.29) is 5.82 Å². The number of nitrogens with one attached hydrogen (secondary N) is 1. The Labute approximate surface area is 182 Å². The van der Waals surface area contributed by atoms with Crippen molar-refractivity contribution in [1.29, 1.82) is 0 Å². The minimum Gasteiger partial charge on any atom is -0.261 e. The Bertz CT molecular complexity index is 1170. The molecule has 0 bridgehead atoms. The van der Waals surface area contributed by atoms with Gasteiger partial charge < -0.3 is 0 Å². The number of benzene rings is 3. The first-order valence-corrected chi connectivity index (χ1v) is 10.1. The van der Waals surface area contributed by atoms with Gasteiger partial charge in [-0.05, 0) is 36.8 Å². The fourth-order valence-electron chi connectivity index (χ4n) is 2.89. The molecule has 0 spiro atoms. The molecule has 148 valence electrons. The number of hydrazone groups is 1. The van der Waals surface area contributed by atoms with Gasteiger partial charge in [-0.2, -0.15) is 5.10 Å². The van der Waals surface area contributed by atoms with E-state index in [1.165, 1.54) is 12.1 Å². The molecule has 0 saturated heterocycles. The summed E-state index contributed by atoms with van der Waals surface area (Å²) in [5.74, 6) is 0.895. The van der Waals surface area contributed by atoms with E-state index < -0.39 is 0 Å². The van der Waals surface area contributed by atoms with Gasteiger partial charge in [0.2, 0.25) is 0 Å². The van der Waals surface area contributed by atoms with Crippen molar-refractivity contribution in [2.75, 3.05) is 5.43 Å².